The number of ketones is 1. The molecule has 0 heterocycles. The summed E-state index contributed by atoms with van der Waals surface area (Å²) in [6, 6.07) is 16.7. The van der Waals surface area contributed by atoms with Crippen LogP contribution in [0, 0.1) is 15.9 Å². The minimum absolute atomic E-state index is 0.298. The van der Waals surface area contributed by atoms with Crippen molar-refractivity contribution >= 4 is 52.5 Å². The van der Waals surface area contributed by atoms with Gasteiger partial charge in [0.15, 0.2) is 5.78 Å². The van der Waals surface area contributed by atoms with Gasteiger partial charge in [-0.1, -0.05) is 41.0 Å². The molecule has 0 bridgehead atoms. The molecule has 0 fully saturated rings. The lowest BCUT2D eigenvalue weighted by molar-refractivity contribution is -0.387. The molecule has 0 aromatic heterocycles. The summed E-state index contributed by atoms with van der Waals surface area (Å²) in [5.74, 6) is -1.24. The summed E-state index contributed by atoms with van der Waals surface area (Å²) >= 11 is 13.0. The number of carbonyl (C=O) groups is 1. The molecule has 0 unspecified atom stereocenters. The second-order valence-electron chi connectivity index (χ2n) is 5.87. The summed E-state index contributed by atoms with van der Waals surface area (Å²) in [6.45, 7) is 0. The average Bonchev–Trinajstić information content (AvgIpc) is 2.70. The Morgan fingerprint density at radius 1 is 0.966 bits per heavy atom. The lowest BCUT2D eigenvalue weighted by Crippen LogP contribution is -2.01. The SMILES string of the molecule is O=C(/C(=C\c1ccc(F)c([N+](=O)[O-])c1)Sc1ccc(Cl)cc1)c1ccc(Cl)cc1. The maximum Gasteiger partial charge on any atom is 0.305 e. The van der Waals surface area contributed by atoms with Gasteiger partial charge in [-0.15, -0.1) is 0 Å². The van der Waals surface area contributed by atoms with Crippen molar-refractivity contribution in [3.8, 4) is 0 Å². The Kier molecular flexibility index (Phi) is 6.69. The predicted octanol–water partition coefficient (Wildman–Crippen LogP) is 7.06. The number of Topliss-reactive ketones (excluding diaryl/α,β-unsaturated/α-hetero) is 1. The van der Waals surface area contributed by atoms with Crippen molar-refractivity contribution in [2.45, 2.75) is 4.90 Å². The molecule has 29 heavy (non-hydrogen) atoms. The van der Waals surface area contributed by atoms with E-state index in [1.54, 1.807) is 48.5 Å². The number of nitro benzene ring substituents is 1. The maximum absolute atomic E-state index is 13.6. The molecule has 0 amide bonds. The molecular formula is C21H12Cl2FNO3S. The number of thioether (sulfide) groups is 1. The Bertz CT molecular complexity index is 1100. The largest absolute Gasteiger partial charge is 0.305 e. The van der Waals surface area contributed by atoms with Crippen LogP contribution in [0.15, 0.2) is 76.5 Å². The number of hydrogen-bond donors (Lipinski definition) is 0. The average molecular weight is 448 g/mol. The van der Waals surface area contributed by atoms with E-state index in [0.717, 1.165) is 17.0 Å². The molecular weight excluding hydrogens is 436 g/mol. The van der Waals surface area contributed by atoms with E-state index in [0.29, 0.717) is 26.1 Å². The van der Waals surface area contributed by atoms with Crippen molar-refractivity contribution in [3.63, 3.8) is 0 Å². The van der Waals surface area contributed by atoms with E-state index in [9.17, 15) is 19.3 Å². The fourth-order valence-corrected chi connectivity index (χ4v) is 3.61. The minimum Gasteiger partial charge on any atom is -0.288 e. The number of halogens is 3. The van der Waals surface area contributed by atoms with Crippen LogP contribution in [0.4, 0.5) is 10.1 Å². The van der Waals surface area contributed by atoms with Crippen molar-refractivity contribution in [1.82, 2.24) is 0 Å². The number of nitrogens with zero attached hydrogens (tertiary/aromatic N) is 1. The highest BCUT2D eigenvalue weighted by Gasteiger charge is 2.17. The van der Waals surface area contributed by atoms with Crippen LogP contribution in [-0.2, 0) is 0 Å². The van der Waals surface area contributed by atoms with E-state index in [2.05, 4.69) is 0 Å². The number of benzene rings is 3. The molecule has 0 aliphatic carbocycles. The maximum atomic E-state index is 13.6. The lowest BCUT2D eigenvalue weighted by atomic mass is 10.1. The van der Waals surface area contributed by atoms with Gasteiger partial charge in [-0.05, 0) is 66.2 Å². The van der Waals surface area contributed by atoms with Crippen LogP contribution < -0.4 is 0 Å². The van der Waals surface area contributed by atoms with Crippen molar-refractivity contribution in [1.29, 1.82) is 0 Å². The van der Waals surface area contributed by atoms with E-state index in [-0.39, 0.29) is 5.78 Å². The first kappa shape index (κ1) is 21.0. The van der Waals surface area contributed by atoms with Gasteiger partial charge < -0.3 is 0 Å². The molecule has 0 spiro atoms. The highest BCUT2D eigenvalue weighted by Crippen LogP contribution is 2.33. The van der Waals surface area contributed by atoms with Crippen LogP contribution in [0.2, 0.25) is 10.0 Å². The molecule has 0 aliphatic heterocycles. The van der Waals surface area contributed by atoms with Gasteiger partial charge in [0.25, 0.3) is 0 Å². The Morgan fingerprint density at radius 3 is 2.14 bits per heavy atom. The number of allylic oxidation sites excluding steroid dienone is 1. The Balaban J connectivity index is 2.04. The van der Waals surface area contributed by atoms with E-state index in [1.807, 2.05) is 0 Å². The molecule has 0 aliphatic rings. The van der Waals surface area contributed by atoms with Crippen LogP contribution in [0.3, 0.4) is 0 Å². The van der Waals surface area contributed by atoms with Crippen LogP contribution >= 0.6 is 35.0 Å². The molecule has 146 valence electrons. The third-order valence-electron chi connectivity index (χ3n) is 3.84. The van der Waals surface area contributed by atoms with E-state index in [1.165, 1.54) is 23.9 Å². The van der Waals surface area contributed by atoms with Crippen LogP contribution in [0.5, 0.6) is 0 Å². The quantitative estimate of drug-likeness (QED) is 0.133. The lowest BCUT2D eigenvalue weighted by Gasteiger charge is -2.08. The smallest absolute Gasteiger partial charge is 0.288 e. The standard InChI is InChI=1S/C21H12Cl2FNO3S/c22-15-4-2-14(3-5-15)21(26)20(29-17-8-6-16(23)7-9-17)12-13-1-10-18(24)19(11-13)25(27)28/h1-12H/b20-12+. The topological polar surface area (TPSA) is 60.2 Å². The molecule has 0 N–H and O–H groups in total. The summed E-state index contributed by atoms with van der Waals surface area (Å²) in [7, 11) is 0. The van der Waals surface area contributed by atoms with Gasteiger partial charge in [0.2, 0.25) is 5.82 Å². The van der Waals surface area contributed by atoms with Gasteiger partial charge in [0, 0.05) is 26.6 Å². The third-order valence-corrected chi connectivity index (χ3v) is 5.37. The van der Waals surface area contributed by atoms with Gasteiger partial charge in [-0.2, -0.15) is 4.39 Å². The molecule has 0 atom stereocenters. The summed E-state index contributed by atoms with van der Waals surface area (Å²) in [6.07, 6.45) is 1.49. The van der Waals surface area contributed by atoms with E-state index < -0.39 is 16.4 Å². The monoisotopic (exact) mass is 447 g/mol. The van der Waals surface area contributed by atoms with E-state index in [4.69, 9.17) is 23.2 Å². The van der Waals surface area contributed by atoms with Gasteiger partial charge >= 0.3 is 5.69 Å². The first-order chi connectivity index (χ1) is 13.8. The van der Waals surface area contributed by atoms with Crippen LogP contribution in [0.1, 0.15) is 15.9 Å². The Hall–Kier alpha value is -2.67. The van der Waals surface area contributed by atoms with Crippen molar-refractivity contribution in [2.75, 3.05) is 0 Å². The first-order valence-electron chi connectivity index (χ1n) is 8.23. The summed E-state index contributed by atoms with van der Waals surface area (Å²) in [5, 5.41) is 12.1. The van der Waals surface area contributed by atoms with E-state index >= 15 is 0 Å². The summed E-state index contributed by atoms with van der Waals surface area (Å²) in [4.78, 5) is 24.3. The normalized spacial score (nSPS) is 11.3. The van der Waals surface area contributed by atoms with Gasteiger partial charge in [-0.3, -0.25) is 14.9 Å². The van der Waals surface area contributed by atoms with Gasteiger partial charge in [0.1, 0.15) is 0 Å². The zero-order valence-corrected chi connectivity index (χ0v) is 17.0. The Morgan fingerprint density at radius 2 is 1.55 bits per heavy atom. The zero-order chi connectivity index (χ0) is 21.0. The fraction of sp³-hybridized carbons (Fsp3) is 0. The first-order valence-corrected chi connectivity index (χ1v) is 9.80. The number of carbonyl (C=O) groups excluding carboxylic acids is 1. The van der Waals surface area contributed by atoms with Crippen LogP contribution in [0.25, 0.3) is 6.08 Å². The molecule has 3 rings (SSSR count). The number of rotatable bonds is 6. The molecule has 0 saturated carbocycles. The highest BCUT2D eigenvalue weighted by molar-refractivity contribution is 8.04. The molecule has 4 nitrogen and oxygen atoms in total. The fourth-order valence-electron chi connectivity index (χ4n) is 2.43. The predicted molar refractivity (Wildman–Crippen MR) is 114 cm³/mol. The highest BCUT2D eigenvalue weighted by atomic mass is 35.5. The zero-order valence-electron chi connectivity index (χ0n) is 14.6. The minimum atomic E-state index is -0.942. The summed E-state index contributed by atoms with van der Waals surface area (Å²) in [5.41, 5.74) is 0.0733. The second kappa shape index (κ2) is 9.22. The second-order valence-corrected chi connectivity index (χ2v) is 7.86. The number of nitro groups is 1. The third kappa shape index (κ3) is 5.44. The molecule has 3 aromatic rings. The molecule has 0 radical (unpaired) electrons. The van der Waals surface area contributed by atoms with Crippen molar-refractivity contribution in [2.24, 2.45) is 0 Å². The Labute approximate surface area is 180 Å². The van der Waals surface area contributed by atoms with Crippen molar-refractivity contribution in [3.05, 3.63) is 109 Å². The summed E-state index contributed by atoms with van der Waals surface area (Å²) < 4.78 is 13.6. The molecule has 0 saturated heterocycles. The molecule has 3 aromatic carbocycles. The van der Waals surface area contributed by atoms with Gasteiger partial charge in [-0.25, -0.2) is 0 Å². The number of hydrogen-bond acceptors (Lipinski definition) is 4. The van der Waals surface area contributed by atoms with Gasteiger partial charge in [0.05, 0.1) is 9.83 Å². The van der Waals surface area contributed by atoms with Crippen molar-refractivity contribution < 1.29 is 14.1 Å². The van der Waals surface area contributed by atoms with Crippen LogP contribution in [-0.4, -0.2) is 10.7 Å². The molecule has 8 heteroatoms.